The van der Waals surface area contributed by atoms with E-state index in [2.05, 4.69) is 16.9 Å². The summed E-state index contributed by atoms with van der Waals surface area (Å²) in [6.45, 7) is 6.54. The van der Waals surface area contributed by atoms with Gasteiger partial charge in [-0.1, -0.05) is 6.92 Å². The fraction of sp³-hybridized carbons (Fsp3) is 0.833. The van der Waals surface area contributed by atoms with Crippen LogP contribution in [0.2, 0.25) is 0 Å². The van der Waals surface area contributed by atoms with E-state index in [9.17, 15) is 8.42 Å². The van der Waals surface area contributed by atoms with Gasteiger partial charge in [0.05, 0.1) is 6.20 Å². The number of rotatable bonds is 3. The molecule has 0 N–H and O–H groups in total. The SMILES string of the molecule is Cc1cnn(C)c1S(=O)(=O)N1[C@@H]2CC[C@H]1C[C@H](N1CCC(C)CC1)C2. The van der Waals surface area contributed by atoms with Gasteiger partial charge < -0.3 is 4.90 Å². The number of aryl methyl sites for hydroxylation is 2. The molecule has 0 aromatic carbocycles. The lowest BCUT2D eigenvalue weighted by molar-refractivity contribution is 0.0757. The highest BCUT2D eigenvalue weighted by molar-refractivity contribution is 7.89. The van der Waals surface area contributed by atoms with Gasteiger partial charge in [-0.05, 0) is 64.5 Å². The van der Waals surface area contributed by atoms with E-state index in [1.807, 2.05) is 11.2 Å². The molecule has 3 saturated heterocycles. The summed E-state index contributed by atoms with van der Waals surface area (Å²) >= 11 is 0. The van der Waals surface area contributed by atoms with Crippen molar-refractivity contribution in [1.29, 1.82) is 0 Å². The van der Waals surface area contributed by atoms with Crippen molar-refractivity contribution in [1.82, 2.24) is 19.0 Å². The molecule has 6 nitrogen and oxygen atoms in total. The maximum atomic E-state index is 13.3. The van der Waals surface area contributed by atoms with Gasteiger partial charge in [0.25, 0.3) is 10.0 Å². The largest absolute Gasteiger partial charge is 0.300 e. The first-order valence-corrected chi connectivity index (χ1v) is 11.1. The van der Waals surface area contributed by atoms with Crippen molar-refractivity contribution < 1.29 is 8.42 Å². The Morgan fingerprint density at radius 2 is 1.64 bits per heavy atom. The molecule has 4 rings (SSSR count). The van der Waals surface area contributed by atoms with Crippen LogP contribution in [0, 0.1) is 12.8 Å². The van der Waals surface area contributed by atoms with Crippen LogP contribution in [-0.2, 0) is 17.1 Å². The third-order valence-corrected chi connectivity index (χ3v) is 8.78. The minimum absolute atomic E-state index is 0.155. The lowest BCUT2D eigenvalue weighted by atomic mass is 9.93. The molecule has 3 fully saturated rings. The van der Waals surface area contributed by atoms with E-state index in [1.54, 1.807) is 13.2 Å². The van der Waals surface area contributed by atoms with E-state index in [0.717, 1.165) is 37.2 Å². The van der Waals surface area contributed by atoms with Gasteiger partial charge in [0.15, 0.2) is 5.03 Å². The summed E-state index contributed by atoms with van der Waals surface area (Å²) in [5.41, 5.74) is 0.744. The molecule has 1 aromatic heterocycles. The van der Waals surface area contributed by atoms with Crippen LogP contribution in [0.4, 0.5) is 0 Å². The van der Waals surface area contributed by atoms with Crippen molar-refractivity contribution in [2.75, 3.05) is 13.1 Å². The fourth-order valence-electron chi connectivity index (χ4n) is 5.20. The molecule has 3 aliphatic heterocycles. The van der Waals surface area contributed by atoms with Gasteiger partial charge >= 0.3 is 0 Å². The molecule has 3 aliphatic rings. The number of aromatic nitrogens is 2. The number of fused-ring (bicyclic) bond motifs is 2. The van der Waals surface area contributed by atoms with Crippen molar-refractivity contribution in [3.05, 3.63) is 11.8 Å². The maximum Gasteiger partial charge on any atom is 0.260 e. The summed E-state index contributed by atoms with van der Waals surface area (Å²) in [5.74, 6) is 0.834. The van der Waals surface area contributed by atoms with Crippen molar-refractivity contribution in [3.63, 3.8) is 0 Å². The topological polar surface area (TPSA) is 58.4 Å². The Morgan fingerprint density at radius 3 is 2.16 bits per heavy atom. The Bertz CT molecular complexity index is 703. The minimum atomic E-state index is -3.46. The second-order valence-corrected chi connectivity index (χ2v) is 10.1. The second kappa shape index (κ2) is 6.35. The molecular formula is C18H30N4O2S. The third-order valence-electron chi connectivity index (χ3n) is 6.55. The Morgan fingerprint density at radius 1 is 1.04 bits per heavy atom. The molecule has 0 aliphatic carbocycles. The van der Waals surface area contributed by atoms with Crippen molar-refractivity contribution in [2.45, 2.75) is 75.5 Å². The molecule has 0 spiro atoms. The summed E-state index contributed by atoms with van der Waals surface area (Å²) in [6, 6.07) is 0.869. The summed E-state index contributed by atoms with van der Waals surface area (Å²) in [7, 11) is -1.74. The number of sulfonamides is 1. The molecule has 25 heavy (non-hydrogen) atoms. The van der Waals surface area contributed by atoms with Gasteiger partial charge in [-0.3, -0.25) is 4.68 Å². The van der Waals surface area contributed by atoms with Crippen LogP contribution >= 0.6 is 0 Å². The Balaban J connectivity index is 1.55. The summed E-state index contributed by atoms with van der Waals surface area (Å²) in [4.78, 5) is 2.63. The van der Waals surface area contributed by atoms with Crippen molar-refractivity contribution in [3.8, 4) is 0 Å². The molecule has 0 amide bonds. The van der Waals surface area contributed by atoms with Crippen LogP contribution in [-0.4, -0.2) is 58.6 Å². The van der Waals surface area contributed by atoms with E-state index < -0.39 is 10.0 Å². The van der Waals surface area contributed by atoms with Gasteiger partial charge in [-0.15, -0.1) is 0 Å². The minimum Gasteiger partial charge on any atom is -0.300 e. The molecule has 4 heterocycles. The lowest BCUT2D eigenvalue weighted by Gasteiger charge is -2.44. The zero-order valence-electron chi connectivity index (χ0n) is 15.6. The molecule has 140 valence electrons. The van der Waals surface area contributed by atoms with Gasteiger partial charge in [0.2, 0.25) is 0 Å². The van der Waals surface area contributed by atoms with Crippen molar-refractivity contribution in [2.24, 2.45) is 13.0 Å². The first-order chi connectivity index (χ1) is 11.9. The van der Waals surface area contributed by atoms with Crippen LogP contribution < -0.4 is 0 Å². The van der Waals surface area contributed by atoms with Gasteiger partial charge in [-0.2, -0.15) is 9.40 Å². The Kier molecular flexibility index (Phi) is 4.45. The normalized spacial score (nSPS) is 32.4. The number of piperidine rings is 2. The van der Waals surface area contributed by atoms with Gasteiger partial charge in [-0.25, -0.2) is 8.42 Å². The average molecular weight is 367 g/mol. The van der Waals surface area contributed by atoms with E-state index >= 15 is 0 Å². The Hall–Kier alpha value is -0.920. The van der Waals surface area contributed by atoms with E-state index in [4.69, 9.17) is 0 Å². The van der Waals surface area contributed by atoms with E-state index in [0.29, 0.717) is 11.1 Å². The highest BCUT2D eigenvalue weighted by Crippen LogP contribution is 2.42. The van der Waals surface area contributed by atoms with Gasteiger partial charge in [0, 0.05) is 30.7 Å². The third kappa shape index (κ3) is 2.94. The molecular weight excluding hydrogens is 336 g/mol. The molecule has 7 heteroatoms. The quantitative estimate of drug-likeness (QED) is 0.822. The smallest absolute Gasteiger partial charge is 0.260 e. The van der Waals surface area contributed by atoms with Crippen LogP contribution in [0.25, 0.3) is 0 Å². The standard InChI is InChI=1S/C18H30N4O2S/c1-13-6-8-21(9-7-13)17-10-15-4-5-16(11-17)22(15)25(23,24)18-14(2)12-19-20(18)3/h12-13,15-17H,4-11H2,1-3H3/t15-,16+,17-. The number of likely N-dealkylation sites (tertiary alicyclic amines) is 1. The predicted molar refractivity (Wildman–Crippen MR) is 96.8 cm³/mol. The number of nitrogens with zero attached hydrogens (tertiary/aromatic N) is 4. The molecule has 3 atom stereocenters. The summed E-state index contributed by atoms with van der Waals surface area (Å²) in [5, 5.41) is 4.52. The van der Waals surface area contributed by atoms with Crippen LogP contribution in [0.5, 0.6) is 0 Å². The second-order valence-electron chi connectivity index (χ2n) is 8.32. The molecule has 1 aromatic rings. The van der Waals surface area contributed by atoms with E-state index in [1.165, 1.54) is 30.6 Å². The average Bonchev–Trinajstić information content (AvgIpc) is 3.05. The molecule has 0 radical (unpaired) electrons. The first kappa shape index (κ1) is 17.5. The molecule has 0 unspecified atom stereocenters. The Labute approximate surface area is 151 Å². The summed E-state index contributed by atoms with van der Waals surface area (Å²) in [6.07, 6.45) is 8.19. The van der Waals surface area contributed by atoms with Crippen LogP contribution in [0.15, 0.2) is 11.2 Å². The fourth-order valence-corrected chi connectivity index (χ4v) is 7.40. The highest BCUT2D eigenvalue weighted by atomic mass is 32.2. The highest BCUT2D eigenvalue weighted by Gasteiger charge is 2.49. The zero-order valence-corrected chi connectivity index (χ0v) is 16.4. The number of hydrogen-bond acceptors (Lipinski definition) is 4. The summed E-state index contributed by atoms with van der Waals surface area (Å²) < 4.78 is 30.0. The first-order valence-electron chi connectivity index (χ1n) is 9.64. The van der Waals surface area contributed by atoms with Crippen LogP contribution in [0.1, 0.15) is 51.0 Å². The molecule has 0 saturated carbocycles. The number of hydrogen-bond donors (Lipinski definition) is 0. The van der Waals surface area contributed by atoms with Crippen molar-refractivity contribution >= 4 is 10.0 Å². The zero-order chi connectivity index (χ0) is 17.8. The monoisotopic (exact) mass is 366 g/mol. The lowest BCUT2D eigenvalue weighted by Crippen LogP contribution is -2.53. The van der Waals surface area contributed by atoms with E-state index in [-0.39, 0.29) is 12.1 Å². The van der Waals surface area contributed by atoms with Gasteiger partial charge in [0.1, 0.15) is 0 Å². The molecule has 2 bridgehead atoms. The predicted octanol–water partition coefficient (Wildman–Crippen LogP) is 2.14. The van der Waals surface area contributed by atoms with Crippen LogP contribution in [0.3, 0.4) is 0 Å². The maximum absolute atomic E-state index is 13.3.